The first-order valence-corrected chi connectivity index (χ1v) is 5.64. The van der Waals surface area contributed by atoms with Gasteiger partial charge in [-0.25, -0.2) is 4.79 Å². The number of carboxylic acids is 1. The van der Waals surface area contributed by atoms with Gasteiger partial charge in [0.05, 0.1) is 17.6 Å². The van der Waals surface area contributed by atoms with E-state index in [1.165, 1.54) is 6.08 Å². The van der Waals surface area contributed by atoms with Crippen molar-refractivity contribution in [1.29, 1.82) is 0 Å². The number of carboxylic acid groups (broad SMARTS) is 1. The van der Waals surface area contributed by atoms with Crippen LogP contribution in [0.25, 0.3) is 6.08 Å². The zero-order chi connectivity index (χ0) is 13.5. The molecule has 0 aliphatic heterocycles. The van der Waals surface area contributed by atoms with Crippen LogP contribution in [0.3, 0.4) is 0 Å². The van der Waals surface area contributed by atoms with Gasteiger partial charge in [0.25, 0.3) is 0 Å². The molecule has 2 aromatic rings. The van der Waals surface area contributed by atoms with E-state index in [4.69, 9.17) is 9.84 Å². The first-order chi connectivity index (χ1) is 9.24. The predicted molar refractivity (Wildman–Crippen MR) is 69.5 cm³/mol. The zero-order valence-electron chi connectivity index (χ0n) is 10.1. The van der Waals surface area contributed by atoms with E-state index in [0.29, 0.717) is 18.1 Å². The maximum atomic E-state index is 10.4. The molecule has 0 aliphatic carbocycles. The second-order valence-corrected chi connectivity index (χ2v) is 3.70. The van der Waals surface area contributed by atoms with Gasteiger partial charge in [-0.3, -0.25) is 9.97 Å². The molecule has 0 bridgehead atoms. The highest BCUT2D eigenvalue weighted by molar-refractivity contribution is 5.84. The quantitative estimate of drug-likeness (QED) is 0.830. The molecule has 0 aromatic carbocycles. The number of rotatable bonds is 5. The Hall–Kier alpha value is -2.69. The van der Waals surface area contributed by atoms with Crippen molar-refractivity contribution >= 4 is 12.0 Å². The Kier molecular flexibility index (Phi) is 4.23. The van der Waals surface area contributed by atoms with Gasteiger partial charge in [-0.2, -0.15) is 0 Å². The van der Waals surface area contributed by atoms with Crippen molar-refractivity contribution in [2.75, 3.05) is 0 Å². The molecule has 0 radical (unpaired) electrons. The highest BCUT2D eigenvalue weighted by atomic mass is 16.5. The van der Waals surface area contributed by atoms with Crippen LogP contribution in [0, 0.1) is 0 Å². The maximum absolute atomic E-state index is 10.4. The van der Waals surface area contributed by atoms with Gasteiger partial charge >= 0.3 is 5.97 Å². The fourth-order valence-electron chi connectivity index (χ4n) is 1.37. The standard InChI is InChI=1S/C14H12N2O3/c17-14(18)7-5-11-4-6-13(9-16-11)19-10-12-3-1-2-8-15-12/h1-9H,10H2,(H,17,18). The fraction of sp³-hybridized carbons (Fsp3) is 0.0714. The Morgan fingerprint density at radius 1 is 1.26 bits per heavy atom. The highest BCUT2D eigenvalue weighted by Gasteiger charge is 1.97. The normalized spacial score (nSPS) is 10.5. The second kappa shape index (κ2) is 6.30. The topological polar surface area (TPSA) is 72.3 Å². The molecular formula is C14H12N2O3. The van der Waals surface area contributed by atoms with Gasteiger partial charge in [-0.15, -0.1) is 0 Å². The molecule has 19 heavy (non-hydrogen) atoms. The van der Waals surface area contributed by atoms with Gasteiger partial charge in [-0.1, -0.05) is 6.07 Å². The van der Waals surface area contributed by atoms with E-state index in [1.54, 1.807) is 24.5 Å². The summed E-state index contributed by atoms with van der Waals surface area (Å²) in [7, 11) is 0. The van der Waals surface area contributed by atoms with Crippen molar-refractivity contribution in [3.63, 3.8) is 0 Å². The third-order valence-electron chi connectivity index (χ3n) is 2.27. The van der Waals surface area contributed by atoms with Gasteiger partial charge in [0.2, 0.25) is 0 Å². The summed E-state index contributed by atoms with van der Waals surface area (Å²) in [6.07, 6.45) is 5.71. The zero-order valence-corrected chi connectivity index (χ0v) is 10.1. The minimum atomic E-state index is -1.00. The van der Waals surface area contributed by atoms with Gasteiger partial charge < -0.3 is 9.84 Å². The number of ether oxygens (including phenoxy) is 1. The molecule has 0 saturated heterocycles. The molecule has 0 saturated carbocycles. The number of carbonyl (C=O) groups is 1. The molecular weight excluding hydrogens is 244 g/mol. The van der Waals surface area contributed by atoms with Crippen molar-refractivity contribution in [1.82, 2.24) is 9.97 Å². The van der Waals surface area contributed by atoms with Crippen LogP contribution in [-0.4, -0.2) is 21.0 Å². The first kappa shape index (κ1) is 12.8. The lowest BCUT2D eigenvalue weighted by Gasteiger charge is -2.05. The molecule has 0 fully saturated rings. The number of hydrogen-bond donors (Lipinski definition) is 1. The summed E-state index contributed by atoms with van der Waals surface area (Å²) < 4.78 is 5.51. The largest absolute Gasteiger partial charge is 0.486 e. The van der Waals surface area contributed by atoms with Crippen LogP contribution in [0.15, 0.2) is 48.8 Å². The highest BCUT2D eigenvalue weighted by Crippen LogP contribution is 2.11. The third-order valence-corrected chi connectivity index (χ3v) is 2.27. The summed E-state index contributed by atoms with van der Waals surface area (Å²) in [4.78, 5) is 18.6. The SMILES string of the molecule is O=C(O)C=Cc1ccc(OCc2ccccn2)cn1. The Morgan fingerprint density at radius 3 is 2.79 bits per heavy atom. The van der Waals surface area contributed by atoms with Crippen molar-refractivity contribution in [2.24, 2.45) is 0 Å². The predicted octanol–water partition coefficient (Wildman–Crippen LogP) is 2.15. The smallest absolute Gasteiger partial charge is 0.328 e. The molecule has 5 nitrogen and oxygen atoms in total. The Balaban J connectivity index is 1.94. The first-order valence-electron chi connectivity index (χ1n) is 5.64. The van der Waals surface area contributed by atoms with Crippen LogP contribution >= 0.6 is 0 Å². The van der Waals surface area contributed by atoms with Gasteiger partial charge in [0, 0.05) is 12.3 Å². The van der Waals surface area contributed by atoms with Gasteiger partial charge in [0.15, 0.2) is 0 Å². The average molecular weight is 256 g/mol. The van der Waals surface area contributed by atoms with Crippen molar-refractivity contribution < 1.29 is 14.6 Å². The van der Waals surface area contributed by atoms with Crippen molar-refractivity contribution in [3.8, 4) is 5.75 Å². The number of aliphatic carboxylic acids is 1. The van der Waals surface area contributed by atoms with E-state index in [0.717, 1.165) is 11.8 Å². The molecule has 2 rings (SSSR count). The molecule has 0 spiro atoms. The van der Waals surface area contributed by atoms with E-state index in [2.05, 4.69) is 9.97 Å². The van der Waals surface area contributed by atoms with E-state index in [1.807, 2.05) is 18.2 Å². The van der Waals surface area contributed by atoms with Crippen LogP contribution in [-0.2, 0) is 11.4 Å². The van der Waals surface area contributed by atoms with Crippen LogP contribution in [0.4, 0.5) is 0 Å². The molecule has 5 heteroatoms. The summed E-state index contributed by atoms with van der Waals surface area (Å²) >= 11 is 0. The van der Waals surface area contributed by atoms with E-state index < -0.39 is 5.97 Å². The summed E-state index contributed by atoms with van der Waals surface area (Å²) in [5, 5.41) is 8.49. The monoisotopic (exact) mass is 256 g/mol. The second-order valence-electron chi connectivity index (χ2n) is 3.70. The minimum absolute atomic E-state index is 0.368. The van der Waals surface area contributed by atoms with E-state index >= 15 is 0 Å². The van der Waals surface area contributed by atoms with Crippen LogP contribution in [0.1, 0.15) is 11.4 Å². The molecule has 0 atom stereocenters. The van der Waals surface area contributed by atoms with E-state index in [9.17, 15) is 4.79 Å². The molecule has 1 N–H and O–H groups in total. The fourth-order valence-corrected chi connectivity index (χ4v) is 1.37. The Bertz CT molecular complexity index is 565. The number of nitrogens with zero attached hydrogens (tertiary/aromatic N) is 2. The summed E-state index contributed by atoms with van der Waals surface area (Å²) in [5.74, 6) is -0.393. The lowest BCUT2D eigenvalue weighted by Crippen LogP contribution is -1.98. The molecule has 0 unspecified atom stereocenters. The van der Waals surface area contributed by atoms with Crippen molar-refractivity contribution in [2.45, 2.75) is 6.61 Å². The molecule has 0 amide bonds. The van der Waals surface area contributed by atoms with Crippen LogP contribution in [0.5, 0.6) is 5.75 Å². The summed E-state index contributed by atoms with van der Waals surface area (Å²) in [6, 6.07) is 9.03. The van der Waals surface area contributed by atoms with E-state index in [-0.39, 0.29) is 0 Å². The van der Waals surface area contributed by atoms with Crippen molar-refractivity contribution in [3.05, 3.63) is 60.2 Å². The summed E-state index contributed by atoms with van der Waals surface area (Å²) in [5.41, 5.74) is 1.39. The maximum Gasteiger partial charge on any atom is 0.328 e. The molecule has 2 aromatic heterocycles. The Labute approximate surface area is 110 Å². The number of hydrogen-bond acceptors (Lipinski definition) is 4. The average Bonchev–Trinajstić information content (AvgIpc) is 2.45. The van der Waals surface area contributed by atoms with Crippen LogP contribution in [0.2, 0.25) is 0 Å². The molecule has 96 valence electrons. The number of aromatic nitrogens is 2. The van der Waals surface area contributed by atoms with Crippen LogP contribution < -0.4 is 4.74 Å². The summed E-state index contributed by atoms with van der Waals surface area (Å²) in [6.45, 7) is 0.368. The molecule has 0 aliphatic rings. The van der Waals surface area contributed by atoms with Gasteiger partial charge in [0.1, 0.15) is 12.4 Å². The Morgan fingerprint density at radius 2 is 2.16 bits per heavy atom. The lowest BCUT2D eigenvalue weighted by atomic mass is 10.3. The van der Waals surface area contributed by atoms with Gasteiger partial charge in [-0.05, 0) is 30.3 Å². The minimum Gasteiger partial charge on any atom is -0.486 e. The third kappa shape index (κ3) is 4.23. The molecule has 2 heterocycles. The lowest BCUT2D eigenvalue weighted by molar-refractivity contribution is -0.131. The number of pyridine rings is 2.